The van der Waals surface area contributed by atoms with Gasteiger partial charge in [-0.25, -0.2) is 4.39 Å². The first-order valence-corrected chi connectivity index (χ1v) is 6.37. The first-order chi connectivity index (χ1) is 7.37. The predicted octanol–water partition coefficient (Wildman–Crippen LogP) is 2.34. The van der Waals surface area contributed by atoms with Gasteiger partial charge in [-0.2, -0.15) is 0 Å². The average molecular weight is 229 g/mol. The summed E-state index contributed by atoms with van der Waals surface area (Å²) >= 11 is 0. The number of nitrogens with zero attached hydrogens (tertiary/aromatic N) is 1. The Balaban J connectivity index is 1.67. The minimum absolute atomic E-state index is 0.0238. The third-order valence-corrected chi connectivity index (χ3v) is 3.67. The molecule has 0 aromatic carbocycles. The van der Waals surface area contributed by atoms with Crippen LogP contribution >= 0.6 is 0 Å². The summed E-state index contributed by atoms with van der Waals surface area (Å²) in [5, 5.41) is 0. The van der Waals surface area contributed by atoms with Crippen LogP contribution in [0.25, 0.3) is 0 Å². The summed E-state index contributed by atoms with van der Waals surface area (Å²) in [6.45, 7) is 11.6. The molecule has 1 aliphatic carbocycles. The normalized spacial score (nSPS) is 36.2. The van der Waals surface area contributed by atoms with Gasteiger partial charge < -0.3 is 4.74 Å². The molecule has 0 aromatic rings. The van der Waals surface area contributed by atoms with E-state index >= 15 is 0 Å². The summed E-state index contributed by atoms with van der Waals surface area (Å²) in [6.07, 6.45) is -0.693. The van der Waals surface area contributed by atoms with Crippen LogP contribution in [-0.2, 0) is 4.74 Å². The fourth-order valence-corrected chi connectivity index (χ4v) is 2.84. The molecule has 0 N–H and O–H groups in total. The van der Waals surface area contributed by atoms with Gasteiger partial charge in [-0.05, 0) is 45.4 Å². The fraction of sp³-hybridized carbons (Fsp3) is 1.00. The molecule has 2 nitrogen and oxygen atoms in total. The van der Waals surface area contributed by atoms with E-state index in [9.17, 15) is 4.39 Å². The van der Waals surface area contributed by atoms with Gasteiger partial charge in [0.2, 0.25) is 0 Å². The lowest BCUT2D eigenvalue weighted by molar-refractivity contribution is -0.0147. The molecule has 1 saturated carbocycles. The number of fused-ring (bicyclic) bond motifs is 1. The van der Waals surface area contributed by atoms with Crippen LogP contribution in [0.5, 0.6) is 0 Å². The monoisotopic (exact) mass is 229 g/mol. The summed E-state index contributed by atoms with van der Waals surface area (Å²) < 4.78 is 18.6. The third-order valence-electron chi connectivity index (χ3n) is 3.67. The highest BCUT2D eigenvalue weighted by Crippen LogP contribution is 2.52. The van der Waals surface area contributed by atoms with Gasteiger partial charge in [0, 0.05) is 19.6 Å². The van der Waals surface area contributed by atoms with E-state index in [1.807, 2.05) is 0 Å². The lowest BCUT2D eigenvalue weighted by Crippen LogP contribution is -2.31. The molecule has 3 heteroatoms. The molecule has 16 heavy (non-hydrogen) atoms. The van der Waals surface area contributed by atoms with E-state index in [0.717, 1.165) is 37.5 Å². The maximum Gasteiger partial charge on any atom is 0.110 e. The Morgan fingerprint density at radius 3 is 2.31 bits per heavy atom. The molecule has 0 spiro atoms. The Bertz CT molecular complexity index is 237. The zero-order valence-electron chi connectivity index (χ0n) is 10.9. The number of piperidine rings is 1. The summed E-state index contributed by atoms with van der Waals surface area (Å²) in [6, 6.07) is 0. The maximum atomic E-state index is 12.8. The van der Waals surface area contributed by atoms with E-state index < -0.39 is 6.17 Å². The van der Waals surface area contributed by atoms with E-state index in [2.05, 4.69) is 25.7 Å². The Kier molecular flexibility index (Phi) is 3.28. The first kappa shape index (κ1) is 12.3. The van der Waals surface area contributed by atoms with Crippen LogP contribution in [0.1, 0.15) is 27.7 Å². The highest BCUT2D eigenvalue weighted by Gasteiger charge is 2.55. The Hall–Kier alpha value is -0.150. The number of alkyl halides is 1. The van der Waals surface area contributed by atoms with Crippen molar-refractivity contribution in [2.24, 2.45) is 17.8 Å². The summed E-state index contributed by atoms with van der Waals surface area (Å²) in [7, 11) is 0. The number of hydrogen-bond acceptors (Lipinski definition) is 2. The average Bonchev–Trinajstić information content (AvgIpc) is 2.54. The van der Waals surface area contributed by atoms with Crippen LogP contribution in [0.2, 0.25) is 0 Å². The number of hydrogen-bond donors (Lipinski definition) is 0. The minimum Gasteiger partial charge on any atom is -0.376 e. The molecule has 2 unspecified atom stereocenters. The third kappa shape index (κ3) is 2.95. The highest BCUT2D eigenvalue weighted by molar-refractivity contribution is 5.05. The minimum atomic E-state index is -0.693. The lowest BCUT2D eigenvalue weighted by Gasteiger charge is -2.23. The first-order valence-electron chi connectivity index (χ1n) is 6.37. The second-order valence-electron chi connectivity index (χ2n) is 6.41. The second kappa shape index (κ2) is 4.26. The predicted molar refractivity (Wildman–Crippen MR) is 63.2 cm³/mol. The van der Waals surface area contributed by atoms with Crippen LogP contribution in [0.4, 0.5) is 4.39 Å². The number of halogens is 1. The smallest absolute Gasteiger partial charge is 0.110 e. The van der Waals surface area contributed by atoms with Crippen molar-refractivity contribution in [3.8, 4) is 0 Å². The van der Waals surface area contributed by atoms with Crippen molar-refractivity contribution in [2.75, 3.05) is 26.2 Å². The van der Waals surface area contributed by atoms with E-state index in [0.29, 0.717) is 6.54 Å². The van der Waals surface area contributed by atoms with Crippen LogP contribution in [0.3, 0.4) is 0 Å². The van der Waals surface area contributed by atoms with Crippen LogP contribution < -0.4 is 0 Å². The van der Waals surface area contributed by atoms with Crippen molar-refractivity contribution in [3.05, 3.63) is 0 Å². The Labute approximate surface area is 98.1 Å². The van der Waals surface area contributed by atoms with E-state index in [4.69, 9.17) is 4.74 Å². The Morgan fingerprint density at radius 1 is 1.31 bits per heavy atom. The van der Waals surface area contributed by atoms with Crippen molar-refractivity contribution in [1.29, 1.82) is 0 Å². The molecule has 4 atom stereocenters. The van der Waals surface area contributed by atoms with Gasteiger partial charge in [0.15, 0.2) is 0 Å². The molecule has 0 bridgehead atoms. The molecular formula is C13H24FNO. The summed E-state index contributed by atoms with van der Waals surface area (Å²) in [5.41, 5.74) is -0.0238. The molecule has 0 amide bonds. The van der Waals surface area contributed by atoms with Crippen LogP contribution in [0.15, 0.2) is 0 Å². The van der Waals surface area contributed by atoms with Crippen LogP contribution in [0, 0.1) is 17.8 Å². The van der Waals surface area contributed by atoms with Gasteiger partial charge in [-0.3, -0.25) is 4.90 Å². The molecule has 0 aromatic heterocycles. The zero-order valence-corrected chi connectivity index (χ0v) is 10.9. The van der Waals surface area contributed by atoms with Gasteiger partial charge in [0.05, 0.1) is 12.2 Å². The van der Waals surface area contributed by atoms with Crippen LogP contribution in [-0.4, -0.2) is 42.9 Å². The van der Waals surface area contributed by atoms with Gasteiger partial charge in [0.25, 0.3) is 0 Å². The molecule has 2 rings (SSSR count). The summed E-state index contributed by atoms with van der Waals surface area (Å²) in [4.78, 5) is 2.26. The molecule has 1 heterocycles. The van der Waals surface area contributed by atoms with Gasteiger partial charge in [-0.15, -0.1) is 0 Å². The molecule has 1 aliphatic heterocycles. The van der Waals surface area contributed by atoms with Gasteiger partial charge in [-0.1, -0.05) is 0 Å². The van der Waals surface area contributed by atoms with Crippen molar-refractivity contribution >= 4 is 0 Å². The molecule has 0 radical (unpaired) electrons. The maximum absolute atomic E-state index is 12.8. The lowest BCUT2D eigenvalue weighted by atomic mass is 10.2. The molecule has 2 aliphatic rings. The second-order valence-corrected chi connectivity index (χ2v) is 6.41. The number of ether oxygens (including phenoxy) is 1. The molecule has 1 saturated heterocycles. The highest BCUT2D eigenvalue weighted by atomic mass is 19.1. The van der Waals surface area contributed by atoms with E-state index in [1.54, 1.807) is 6.92 Å². The molecule has 2 fully saturated rings. The molecule has 94 valence electrons. The van der Waals surface area contributed by atoms with Crippen molar-refractivity contribution in [2.45, 2.75) is 39.5 Å². The van der Waals surface area contributed by atoms with E-state index in [-0.39, 0.29) is 5.60 Å². The summed E-state index contributed by atoms with van der Waals surface area (Å²) in [5.74, 6) is 2.30. The van der Waals surface area contributed by atoms with Crippen molar-refractivity contribution in [1.82, 2.24) is 4.90 Å². The zero-order chi connectivity index (χ0) is 11.9. The van der Waals surface area contributed by atoms with Gasteiger partial charge in [0.1, 0.15) is 6.17 Å². The standard InChI is InChI=1S/C13H24FNO/c1-9(14)5-15-6-10-11(7-15)12(10)8-16-13(2,3)4/h9-12H,5-8H2,1-4H3/t9?,10-,11+,12?. The Morgan fingerprint density at radius 2 is 1.88 bits per heavy atom. The quantitative estimate of drug-likeness (QED) is 0.733. The topological polar surface area (TPSA) is 12.5 Å². The number of likely N-dealkylation sites (tertiary alicyclic amines) is 1. The SMILES string of the molecule is CC(F)CN1C[C@@H]2C(COC(C)(C)C)[C@@H]2C1. The largest absolute Gasteiger partial charge is 0.376 e. The molecular weight excluding hydrogens is 205 g/mol. The van der Waals surface area contributed by atoms with Crippen molar-refractivity contribution < 1.29 is 9.13 Å². The number of rotatable bonds is 4. The fourth-order valence-electron chi connectivity index (χ4n) is 2.84. The van der Waals surface area contributed by atoms with Crippen molar-refractivity contribution in [3.63, 3.8) is 0 Å². The van der Waals surface area contributed by atoms with E-state index in [1.165, 1.54) is 0 Å². The van der Waals surface area contributed by atoms with Gasteiger partial charge >= 0.3 is 0 Å².